The van der Waals surface area contributed by atoms with E-state index in [1.807, 2.05) is 0 Å². The number of allylic oxidation sites excluding steroid dienone is 12. The maximum absolute atomic E-state index is 12.9. The number of ether oxygens (including phenoxy) is 3. The van der Waals surface area contributed by atoms with E-state index in [9.17, 15) is 14.4 Å². The summed E-state index contributed by atoms with van der Waals surface area (Å²) in [5.41, 5.74) is 0. The summed E-state index contributed by atoms with van der Waals surface area (Å²) >= 11 is 0. The Hall–Kier alpha value is -3.15. The summed E-state index contributed by atoms with van der Waals surface area (Å²) in [6, 6.07) is 0. The van der Waals surface area contributed by atoms with Crippen LogP contribution < -0.4 is 0 Å². The number of hydrogen-bond donors (Lipinski definition) is 0. The molecule has 6 nitrogen and oxygen atoms in total. The van der Waals surface area contributed by atoms with Crippen LogP contribution in [0, 0.1) is 0 Å². The van der Waals surface area contributed by atoms with Gasteiger partial charge in [0.05, 0.1) is 0 Å². The summed E-state index contributed by atoms with van der Waals surface area (Å²) in [6.07, 6.45) is 90.8. The average Bonchev–Trinajstić information content (AvgIpc) is 3.46. The van der Waals surface area contributed by atoms with Crippen molar-refractivity contribution >= 4 is 17.9 Å². The summed E-state index contributed by atoms with van der Waals surface area (Å²) in [4.78, 5) is 38.4. The molecule has 0 rings (SSSR count). The van der Waals surface area contributed by atoms with Crippen LogP contribution in [0.2, 0.25) is 0 Å². The van der Waals surface area contributed by atoms with E-state index >= 15 is 0 Å². The molecule has 0 heterocycles. The fourth-order valence-electron chi connectivity index (χ4n) is 10.4. The number of carbonyl (C=O) groups is 3. The fraction of sp³-hybridized carbons (Fsp3) is 0.800. The molecule has 0 N–H and O–H groups in total. The van der Waals surface area contributed by atoms with Crippen LogP contribution in [0.3, 0.4) is 0 Å². The molecule has 6 heteroatoms. The molecule has 0 saturated carbocycles. The van der Waals surface area contributed by atoms with Crippen LogP contribution in [0.1, 0.15) is 367 Å². The number of rotatable bonds is 65. The number of esters is 3. The Bertz CT molecular complexity index is 1490. The van der Waals surface area contributed by atoms with Gasteiger partial charge in [0.15, 0.2) is 6.10 Å². The molecular weight excluding hydrogens is 997 g/mol. The molecule has 0 amide bonds. The lowest BCUT2D eigenvalue weighted by Crippen LogP contribution is -2.30. The zero-order chi connectivity index (χ0) is 58.5. The molecule has 0 aromatic heterocycles. The van der Waals surface area contributed by atoms with E-state index in [4.69, 9.17) is 14.2 Å². The summed E-state index contributed by atoms with van der Waals surface area (Å²) in [5.74, 6) is -0.857. The second-order valence-corrected chi connectivity index (χ2v) is 23.8. The fourth-order valence-corrected chi connectivity index (χ4v) is 10.4. The van der Waals surface area contributed by atoms with E-state index < -0.39 is 6.10 Å². The first kappa shape index (κ1) is 77.9. The Morgan fingerprint density at radius 3 is 0.778 bits per heavy atom. The molecule has 0 fully saturated rings. The van der Waals surface area contributed by atoms with Crippen LogP contribution in [-0.4, -0.2) is 37.2 Å². The van der Waals surface area contributed by atoms with Crippen LogP contribution in [0.5, 0.6) is 0 Å². The van der Waals surface area contributed by atoms with Gasteiger partial charge in [-0.15, -0.1) is 0 Å². The molecule has 0 radical (unpaired) electrons. The van der Waals surface area contributed by atoms with Gasteiger partial charge >= 0.3 is 17.9 Å². The Kier molecular flexibility index (Phi) is 66.6. The van der Waals surface area contributed by atoms with Crippen LogP contribution in [0.4, 0.5) is 0 Å². The van der Waals surface area contributed by atoms with Crippen molar-refractivity contribution in [1.29, 1.82) is 0 Å². The zero-order valence-electron chi connectivity index (χ0n) is 54.1. The van der Waals surface area contributed by atoms with Gasteiger partial charge in [-0.2, -0.15) is 0 Å². The second kappa shape index (κ2) is 69.3. The van der Waals surface area contributed by atoms with Gasteiger partial charge in [-0.1, -0.05) is 331 Å². The highest BCUT2D eigenvalue weighted by Gasteiger charge is 2.19. The molecule has 0 aromatic carbocycles. The third-order valence-electron chi connectivity index (χ3n) is 15.7. The lowest BCUT2D eigenvalue weighted by atomic mass is 10.0. The molecular formula is C75H134O6. The zero-order valence-corrected chi connectivity index (χ0v) is 54.1. The van der Waals surface area contributed by atoms with Crippen molar-refractivity contribution in [1.82, 2.24) is 0 Å². The smallest absolute Gasteiger partial charge is 0.306 e. The third kappa shape index (κ3) is 67.5. The largest absolute Gasteiger partial charge is 0.462 e. The predicted octanol–water partition coefficient (Wildman–Crippen LogP) is 24.4. The van der Waals surface area contributed by atoms with E-state index in [0.717, 1.165) is 96.3 Å². The molecule has 0 saturated heterocycles. The van der Waals surface area contributed by atoms with Crippen molar-refractivity contribution in [2.75, 3.05) is 13.2 Å². The summed E-state index contributed by atoms with van der Waals surface area (Å²) in [6.45, 7) is 6.56. The minimum Gasteiger partial charge on any atom is -0.462 e. The van der Waals surface area contributed by atoms with Gasteiger partial charge in [-0.3, -0.25) is 14.4 Å². The van der Waals surface area contributed by atoms with Gasteiger partial charge in [0, 0.05) is 19.3 Å². The van der Waals surface area contributed by atoms with Crippen molar-refractivity contribution in [3.8, 4) is 0 Å². The van der Waals surface area contributed by atoms with E-state index in [-0.39, 0.29) is 31.1 Å². The van der Waals surface area contributed by atoms with Crippen molar-refractivity contribution < 1.29 is 28.6 Å². The Morgan fingerprint density at radius 1 is 0.259 bits per heavy atom. The number of carbonyl (C=O) groups excluding carboxylic acids is 3. The minimum atomic E-state index is -0.775. The van der Waals surface area contributed by atoms with Crippen LogP contribution in [0.25, 0.3) is 0 Å². The Balaban J connectivity index is 4.15. The SMILES string of the molecule is CC/C=C\C/C=C\C/C=C\C/C=C\C/C=C\CCCCCCCCCCCCCCCCCCCC(=O)OCC(COC(=O)CCCCCCC/C=C\CCCCCC)OC(=O)CCCCCCCCCCCCCCCCCCC. The molecule has 0 aromatic rings. The number of unbranched alkanes of at least 4 members (excludes halogenated alkanes) is 42. The van der Waals surface area contributed by atoms with Gasteiger partial charge in [-0.25, -0.2) is 0 Å². The van der Waals surface area contributed by atoms with Crippen LogP contribution in [0.15, 0.2) is 72.9 Å². The molecule has 0 aliphatic carbocycles. The Morgan fingerprint density at radius 2 is 0.481 bits per heavy atom. The van der Waals surface area contributed by atoms with Crippen LogP contribution >= 0.6 is 0 Å². The quantitative estimate of drug-likeness (QED) is 0.0261. The molecule has 0 aliphatic heterocycles. The topological polar surface area (TPSA) is 78.9 Å². The molecule has 81 heavy (non-hydrogen) atoms. The second-order valence-electron chi connectivity index (χ2n) is 23.8. The molecule has 470 valence electrons. The van der Waals surface area contributed by atoms with Gasteiger partial charge < -0.3 is 14.2 Å². The monoisotopic (exact) mass is 1130 g/mol. The first-order valence-corrected chi connectivity index (χ1v) is 35.4. The molecule has 1 atom stereocenters. The summed E-state index contributed by atoms with van der Waals surface area (Å²) in [5, 5.41) is 0. The normalized spacial score (nSPS) is 12.5. The van der Waals surface area contributed by atoms with Crippen molar-refractivity contribution in [3.05, 3.63) is 72.9 Å². The highest BCUT2D eigenvalue weighted by molar-refractivity contribution is 5.71. The number of hydrogen-bond acceptors (Lipinski definition) is 6. The highest BCUT2D eigenvalue weighted by atomic mass is 16.6. The summed E-state index contributed by atoms with van der Waals surface area (Å²) in [7, 11) is 0. The van der Waals surface area contributed by atoms with Crippen LogP contribution in [-0.2, 0) is 28.6 Å². The maximum atomic E-state index is 12.9. The molecule has 0 aliphatic rings. The van der Waals surface area contributed by atoms with Crippen molar-refractivity contribution in [3.63, 3.8) is 0 Å². The van der Waals surface area contributed by atoms with Gasteiger partial charge in [-0.05, 0) is 89.9 Å². The molecule has 0 spiro atoms. The lowest BCUT2D eigenvalue weighted by molar-refractivity contribution is -0.167. The Labute approximate surface area is 503 Å². The average molecular weight is 1130 g/mol. The van der Waals surface area contributed by atoms with Gasteiger partial charge in [0.2, 0.25) is 0 Å². The van der Waals surface area contributed by atoms with E-state index in [2.05, 4.69) is 93.7 Å². The van der Waals surface area contributed by atoms with Gasteiger partial charge in [0.1, 0.15) is 13.2 Å². The molecule has 0 bridgehead atoms. The third-order valence-corrected chi connectivity index (χ3v) is 15.7. The van der Waals surface area contributed by atoms with E-state index in [1.165, 1.54) is 231 Å². The first-order valence-electron chi connectivity index (χ1n) is 35.4. The predicted molar refractivity (Wildman–Crippen MR) is 353 cm³/mol. The molecule has 1 unspecified atom stereocenters. The standard InChI is InChI=1S/C75H134O6/c1-4-7-10-13-16-19-22-25-27-29-30-31-32-33-34-35-36-37-38-39-40-41-42-43-44-46-47-50-53-56-59-62-65-68-74(77)80-71-72(70-79-73(76)67-64-61-58-55-52-49-24-21-18-15-12-9-6-3)81-75(78)69-66-63-60-57-54-51-48-45-28-26-23-20-17-14-11-8-5-2/h7,10,16,19,21,24-25,27,30-31,33-34,72H,4-6,8-9,11-15,17-18,20,22-23,26,28-29,32,35-71H2,1-3H3/b10-7-,19-16-,24-21-,27-25-,31-30-,34-33-. The maximum Gasteiger partial charge on any atom is 0.306 e. The van der Waals surface area contributed by atoms with E-state index in [1.54, 1.807) is 0 Å². The highest BCUT2D eigenvalue weighted by Crippen LogP contribution is 2.18. The first-order chi connectivity index (χ1) is 40.0. The minimum absolute atomic E-state index is 0.0719. The van der Waals surface area contributed by atoms with Gasteiger partial charge in [0.25, 0.3) is 0 Å². The summed E-state index contributed by atoms with van der Waals surface area (Å²) < 4.78 is 17.0. The van der Waals surface area contributed by atoms with Crippen molar-refractivity contribution in [2.24, 2.45) is 0 Å². The van der Waals surface area contributed by atoms with E-state index in [0.29, 0.717) is 19.3 Å². The van der Waals surface area contributed by atoms with Crippen molar-refractivity contribution in [2.45, 2.75) is 374 Å². The lowest BCUT2D eigenvalue weighted by Gasteiger charge is -2.18.